The number of aliphatic hydroxyl groups excluding tert-OH is 1. The topological polar surface area (TPSA) is 61.8 Å². The molecule has 130 valence electrons. The molecular formula is C18H24N2O3S. The van der Waals surface area contributed by atoms with Gasteiger partial charge in [-0.15, -0.1) is 0 Å². The molecule has 24 heavy (non-hydrogen) atoms. The summed E-state index contributed by atoms with van der Waals surface area (Å²) < 4.78 is 5.19. The zero-order chi connectivity index (χ0) is 17.7. The Morgan fingerprint density at radius 2 is 2.00 bits per heavy atom. The Morgan fingerprint density at radius 3 is 2.54 bits per heavy atom. The smallest absolute Gasteiger partial charge is 0.173 e. The van der Waals surface area contributed by atoms with Crippen molar-refractivity contribution in [2.24, 2.45) is 0 Å². The Morgan fingerprint density at radius 1 is 1.33 bits per heavy atom. The largest absolute Gasteiger partial charge is 0.497 e. The standard InChI is InChI=1S/C18H24N2O3S/c1-12-16(13(2)22)17(14-6-8-15(23-3)9-7-14)19-18(24)20(12)10-4-5-11-21/h6-9,17,21H,4-5,10-11H2,1-3H3,(H,19,24). The number of aliphatic hydroxyl groups is 1. The molecule has 1 unspecified atom stereocenters. The third kappa shape index (κ3) is 3.94. The molecule has 6 heteroatoms. The normalized spacial score (nSPS) is 17.8. The molecule has 0 aromatic heterocycles. The van der Waals surface area contributed by atoms with Crippen LogP contribution in [0.4, 0.5) is 0 Å². The van der Waals surface area contributed by atoms with Crippen LogP contribution in [0.1, 0.15) is 38.3 Å². The minimum Gasteiger partial charge on any atom is -0.497 e. The lowest BCUT2D eigenvalue weighted by Gasteiger charge is -2.37. The Hall–Kier alpha value is -1.92. The molecule has 0 radical (unpaired) electrons. The van der Waals surface area contributed by atoms with Gasteiger partial charge in [0.15, 0.2) is 10.9 Å². The SMILES string of the molecule is COc1ccc(C2NC(=S)N(CCCCO)C(C)=C2C(C)=O)cc1. The van der Waals surface area contributed by atoms with Gasteiger partial charge in [0.25, 0.3) is 0 Å². The van der Waals surface area contributed by atoms with Gasteiger partial charge in [-0.25, -0.2) is 0 Å². The van der Waals surface area contributed by atoms with Crippen LogP contribution in [0.2, 0.25) is 0 Å². The molecule has 0 spiro atoms. The van der Waals surface area contributed by atoms with E-state index in [1.165, 1.54) is 0 Å². The summed E-state index contributed by atoms with van der Waals surface area (Å²) in [5, 5.41) is 12.8. The van der Waals surface area contributed by atoms with E-state index in [0.717, 1.165) is 29.0 Å². The summed E-state index contributed by atoms with van der Waals surface area (Å²) in [6.45, 7) is 4.35. The van der Waals surface area contributed by atoms with Gasteiger partial charge in [0.2, 0.25) is 0 Å². The zero-order valence-electron chi connectivity index (χ0n) is 14.3. The van der Waals surface area contributed by atoms with Crippen molar-refractivity contribution in [3.63, 3.8) is 0 Å². The van der Waals surface area contributed by atoms with Crippen molar-refractivity contribution in [1.82, 2.24) is 10.2 Å². The van der Waals surface area contributed by atoms with Crippen molar-refractivity contribution in [2.75, 3.05) is 20.3 Å². The van der Waals surface area contributed by atoms with Crippen LogP contribution in [-0.4, -0.2) is 41.2 Å². The Kier molecular flexibility index (Phi) is 6.34. The van der Waals surface area contributed by atoms with Crippen LogP contribution in [0.25, 0.3) is 0 Å². The number of hydrogen-bond acceptors (Lipinski definition) is 4. The zero-order valence-corrected chi connectivity index (χ0v) is 15.2. The summed E-state index contributed by atoms with van der Waals surface area (Å²) >= 11 is 5.50. The number of carbonyl (C=O) groups excluding carboxylic acids is 1. The molecule has 1 aliphatic heterocycles. The number of hydrogen-bond donors (Lipinski definition) is 2. The van der Waals surface area contributed by atoms with E-state index in [0.29, 0.717) is 18.1 Å². The molecule has 0 saturated heterocycles. The van der Waals surface area contributed by atoms with E-state index in [9.17, 15) is 4.79 Å². The molecule has 0 fully saturated rings. The molecule has 0 bridgehead atoms. The summed E-state index contributed by atoms with van der Waals surface area (Å²) in [5.74, 6) is 0.795. The van der Waals surface area contributed by atoms with Crippen molar-refractivity contribution in [1.29, 1.82) is 0 Å². The van der Waals surface area contributed by atoms with Crippen molar-refractivity contribution >= 4 is 23.1 Å². The Bertz CT molecular complexity index is 640. The number of ether oxygens (including phenoxy) is 1. The van der Waals surface area contributed by atoms with Crippen LogP contribution < -0.4 is 10.1 Å². The lowest BCUT2D eigenvalue weighted by atomic mass is 9.92. The number of unbranched alkanes of at least 4 members (excludes halogenated alkanes) is 1. The summed E-state index contributed by atoms with van der Waals surface area (Å²) in [7, 11) is 1.62. The average Bonchev–Trinajstić information content (AvgIpc) is 2.57. The highest BCUT2D eigenvalue weighted by Crippen LogP contribution is 2.32. The highest BCUT2D eigenvalue weighted by molar-refractivity contribution is 7.80. The minimum atomic E-state index is -0.255. The average molecular weight is 348 g/mol. The van der Waals surface area contributed by atoms with Gasteiger partial charge in [0.1, 0.15) is 5.75 Å². The number of carbonyl (C=O) groups is 1. The molecule has 1 atom stereocenters. The van der Waals surface area contributed by atoms with E-state index in [2.05, 4.69) is 5.32 Å². The molecule has 0 saturated carbocycles. The Labute approximate surface area is 148 Å². The van der Waals surface area contributed by atoms with E-state index in [-0.39, 0.29) is 18.4 Å². The monoisotopic (exact) mass is 348 g/mol. The van der Waals surface area contributed by atoms with Gasteiger partial charge >= 0.3 is 0 Å². The Balaban J connectivity index is 2.34. The van der Waals surface area contributed by atoms with Crippen molar-refractivity contribution in [2.45, 2.75) is 32.7 Å². The van der Waals surface area contributed by atoms with Crippen LogP contribution in [-0.2, 0) is 4.79 Å². The molecule has 0 aliphatic carbocycles. The van der Waals surface area contributed by atoms with Crippen LogP contribution in [0, 0.1) is 0 Å². The van der Waals surface area contributed by atoms with Gasteiger partial charge in [-0.3, -0.25) is 4.79 Å². The first kappa shape index (κ1) is 18.4. The van der Waals surface area contributed by atoms with E-state index in [1.807, 2.05) is 36.1 Å². The number of nitrogens with zero attached hydrogens (tertiary/aromatic N) is 1. The van der Waals surface area contributed by atoms with Crippen LogP contribution in [0.3, 0.4) is 0 Å². The van der Waals surface area contributed by atoms with Gasteiger partial charge in [-0.05, 0) is 56.6 Å². The van der Waals surface area contributed by atoms with Gasteiger partial charge < -0.3 is 20.1 Å². The second-order valence-electron chi connectivity index (χ2n) is 5.79. The molecule has 1 aromatic rings. The van der Waals surface area contributed by atoms with E-state index in [4.69, 9.17) is 22.1 Å². The second-order valence-corrected chi connectivity index (χ2v) is 6.18. The number of benzene rings is 1. The first-order valence-corrected chi connectivity index (χ1v) is 8.45. The molecule has 1 heterocycles. The number of thiocarbonyl (C=S) groups is 1. The third-order valence-electron chi connectivity index (χ3n) is 4.21. The molecule has 1 aliphatic rings. The van der Waals surface area contributed by atoms with Crippen LogP contribution >= 0.6 is 12.2 Å². The minimum absolute atomic E-state index is 0.0236. The fourth-order valence-corrected chi connectivity index (χ4v) is 3.28. The molecule has 1 aromatic carbocycles. The fourth-order valence-electron chi connectivity index (χ4n) is 2.94. The van der Waals surface area contributed by atoms with Crippen molar-refractivity contribution < 1.29 is 14.6 Å². The van der Waals surface area contributed by atoms with Gasteiger partial charge in [-0.2, -0.15) is 0 Å². The van der Waals surface area contributed by atoms with E-state index >= 15 is 0 Å². The number of Topliss-reactive ketones (excluding diaryl/α,β-unsaturated/α-hetero) is 1. The maximum atomic E-state index is 12.3. The number of nitrogens with one attached hydrogen (secondary N) is 1. The highest BCUT2D eigenvalue weighted by atomic mass is 32.1. The molecule has 5 nitrogen and oxygen atoms in total. The number of methoxy groups -OCH3 is 1. The molecule has 2 rings (SSSR count). The predicted molar refractivity (Wildman–Crippen MR) is 97.9 cm³/mol. The van der Waals surface area contributed by atoms with Gasteiger partial charge in [0, 0.05) is 24.4 Å². The summed E-state index contributed by atoms with van der Waals surface area (Å²) in [4.78, 5) is 14.2. The van der Waals surface area contributed by atoms with Crippen LogP contribution in [0.15, 0.2) is 35.5 Å². The lowest BCUT2D eigenvalue weighted by molar-refractivity contribution is -0.114. The van der Waals surface area contributed by atoms with Crippen LogP contribution in [0.5, 0.6) is 5.75 Å². The summed E-state index contributed by atoms with van der Waals surface area (Å²) in [5.41, 5.74) is 2.57. The van der Waals surface area contributed by atoms with Crippen molar-refractivity contribution in [3.8, 4) is 5.75 Å². The summed E-state index contributed by atoms with van der Waals surface area (Å²) in [6.07, 6.45) is 1.53. The molecule has 0 amide bonds. The predicted octanol–water partition coefficient (Wildman–Crippen LogP) is 2.56. The molecule has 2 N–H and O–H groups in total. The number of ketones is 1. The van der Waals surface area contributed by atoms with Gasteiger partial charge in [0.05, 0.1) is 13.2 Å². The van der Waals surface area contributed by atoms with E-state index in [1.54, 1.807) is 14.0 Å². The number of allylic oxidation sites excluding steroid dienone is 1. The maximum absolute atomic E-state index is 12.3. The van der Waals surface area contributed by atoms with E-state index < -0.39 is 0 Å². The van der Waals surface area contributed by atoms with Gasteiger partial charge in [-0.1, -0.05) is 12.1 Å². The molecular weight excluding hydrogens is 324 g/mol. The lowest BCUT2D eigenvalue weighted by Crippen LogP contribution is -2.47. The first-order chi connectivity index (χ1) is 11.5. The van der Waals surface area contributed by atoms with Crippen molar-refractivity contribution in [3.05, 3.63) is 41.1 Å². The fraction of sp³-hybridized carbons (Fsp3) is 0.444. The highest BCUT2D eigenvalue weighted by Gasteiger charge is 2.31. The quantitative estimate of drug-likeness (QED) is 0.583. The summed E-state index contributed by atoms with van der Waals surface area (Å²) in [6, 6.07) is 7.38. The first-order valence-electron chi connectivity index (χ1n) is 8.04. The third-order valence-corrected chi connectivity index (χ3v) is 4.55. The number of rotatable bonds is 7. The maximum Gasteiger partial charge on any atom is 0.173 e. The second kappa shape index (κ2) is 8.26.